The topological polar surface area (TPSA) is 67.4 Å². The van der Waals surface area contributed by atoms with Gasteiger partial charge >= 0.3 is 0 Å². The van der Waals surface area contributed by atoms with Gasteiger partial charge in [-0.1, -0.05) is 12.1 Å². The van der Waals surface area contributed by atoms with Gasteiger partial charge in [0.15, 0.2) is 0 Å². The van der Waals surface area contributed by atoms with E-state index in [1.807, 2.05) is 18.4 Å². The molecule has 6 heteroatoms. The molecule has 1 aromatic carbocycles. The van der Waals surface area contributed by atoms with E-state index in [1.165, 1.54) is 11.3 Å². The lowest BCUT2D eigenvalue weighted by Crippen LogP contribution is -2.18. The smallest absolute Gasteiger partial charge is 0.265 e. The Labute approximate surface area is 126 Å². The quantitative estimate of drug-likeness (QED) is 0.862. The maximum atomic E-state index is 11.9. The molecule has 2 rings (SSSR count). The molecule has 0 saturated heterocycles. The van der Waals surface area contributed by atoms with Crippen molar-refractivity contribution in [3.63, 3.8) is 0 Å². The first kappa shape index (κ1) is 15.2. The zero-order valence-corrected chi connectivity index (χ0v) is 12.4. The van der Waals surface area contributed by atoms with E-state index < -0.39 is 0 Å². The van der Waals surface area contributed by atoms with E-state index in [0.717, 1.165) is 0 Å². The summed E-state index contributed by atoms with van der Waals surface area (Å²) in [6, 6.07) is 10.6. The fraction of sp³-hybridized carbons (Fsp3) is 0.200. The van der Waals surface area contributed by atoms with E-state index in [4.69, 9.17) is 4.74 Å². The molecule has 0 radical (unpaired) electrons. The lowest BCUT2D eigenvalue weighted by Gasteiger charge is -2.08. The van der Waals surface area contributed by atoms with Crippen LogP contribution < -0.4 is 10.6 Å². The number of rotatable bonds is 6. The number of thiophene rings is 1. The Hall–Kier alpha value is -2.18. The molecule has 0 bridgehead atoms. The maximum absolute atomic E-state index is 11.9. The molecule has 0 unspecified atom stereocenters. The number of hydrogen-bond acceptors (Lipinski definition) is 4. The Morgan fingerprint density at radius 1 is 1.14 bits per heavy atom. The van der Waals surface area contributed by atoms with Crippen LogP contribution in [0.5, 0.6) is 0 Å². The van der Waals surface area contributed by atoms with E-state index in [0.29, 0.717) is 22.9 Å². The fourth-order valence-corrected chi connectivity index (χ4v) is 2.29. The number of hydrogen-bond donors (Lipinski definition) is 2. The van der Waals surface area contributed by atoms with Gasteiger partial charge in [-0.3, -0.25) is 9.59 Å². The van der Waals surface area contributed by atoms with Gasteiger partial charge in [0, 0.05) is 18.0 Å². The van der Waals surface area contributed by atoms with Crippen LogP contribution in [-0.4, -0.2) is 25.0 Å². The molecular weight excluding hydrogens is 288 g/mol. The molecule has 0 aliphatic rings. The summed E-state index contributed by atoms with van der Waals surface area (Å²) in [6.45, 7) is 2.33. The van der Waals surface area contributed by atoms with Gasteiger partial charge in [-0.2, -0.15) is 0 Å². The molecular formula is C15H16N2O3S. The van der Waals surface area contributed by atoms with E-state index in [9.17, 15) is 9.59 Å². The summed E-state index contributed by atoms with van der Waals surface area (Å²) in [5.74, 6) is -0.388. The first-order valence-electron chi connectivity index (χ1n) is 6.51. The van der Waals surface area contributed by atoms with E-state index in [1.54, 1.807) is 30.3 Å². The summed E-state index contributed by atoms with van der Waals surface area (Å²) in [5.41, 5.74) is 1.24. The number of nitrogens with one attached hydrogen (secondary N) is 2. The largest absolute Gasteiger partial charge is 0.372 e. The number of anilines is 2. The second kappa shape index (κ2) is 7.56. The van der Waals surface area contributed by atoms with Crippen molar-refractivity contribution in [1.82, 2.24) is 0 Å². The molecule has 0 atom stereocenters. The second-order valence-corrected chi connectivity index (χ2v) is 5.15. The molecule has 0 aliphatic carbocycles. The summed E-state index contributed by atoms with van der Waals surface area (Å²) in [7, 11) is 0. The van der Waals surface area contributed by atoms with Crippen molar-refractivity contribution in [2.45, 2.75) is 6.92 Å². The average molecular weight is 304 g/mol. The zero-order chi connectivity index (χ0) is 15.1. The number of carbonyl (C=O) groups excluding carboxylic acids is 2. The van der Waals surface area contributed by atoms with Crippen LogP contribution in [0.2, 0.25) is 0 Å². The third-order valence-electron chi connectivity index (χ3n) is 2.59. The molecule has 2 N–H and O–H groups in total. The molecule has 110 valence electrons. The molecule has 2 amide bonds. The van der Waals surface area contributed by atoms with Crippen LogP contribution in [0.25, 0.3) is 0 Å². The van der Waals surface area contributed by atoms with Crippen molar-refractivity contribution in [1.29, 1.82) is 0 Å². The van der Waals surface area contributed by atoms with Crippen LogP contribution >= 0.6 is 11.3 Å². The van der Waals surface area contributed by atoms with Crippen LogP contribution in [0.1, 0.15) is 16.6 Å². The molecule has 0 spiro atoms. The van der Waals surface area contributed by atoms with E-state index in [2.05, 4.69) is 10.6 Å². The Bertz CT molecular complexity index is 611. The van der Waals surface area contributed by atoms with Gasteiger partial charge in [0.1, 0.15) is 6.61 Å². The van der Waals surface area contributed by atoms with Gasteiger partial charge in [-0.05, 0) is 36.6 Å². The molecule has 0 aliphatic heterocycles. The summed E-state index contributed by atoms with van der Waals surface area (Å²) < 4.78 is 5.03. The predicted molar refractivity (Wildman–Crippen MR) is 83.8 cm³/mol. The molecule has 1 heterocycles. The SMILES string of the molecule is CCOCC(=O)Nc1cccc(NC(=O)c2cccs2)c1. The lowest BCUT2D eigenvalue weighted by atomic mass is 10.2. The van der Waals surface area contributed by atoms with Gasteiger partial charge in [0.05, 0.1) is 4.88 Å². The minimum atomic E-state index is -0.224. The van der Waals surface area contributed by atoms with E-state index in [-0.39, 0.29) is 18.4 Å². The van der Waals surface area contributed by atoms with Crippen molar-refractivity contribution in [2.24, 2.45) is 0 Å². The maximum Gasteiger partial charge on any atom is 0.265 e. The predicted octanol–water partition coefficient (Wildman–Crippen LogP) is 2.98. The van der Waals surface area contributed by atoms with Crippen molar-refractivity contribution >= 4 is 34.5 Å². The third kappa shape index (κ3) is 4.70. The third-order valence-corrected chi connectivity index (χ3v) is 3.46. The first-order chi connectivity index (χ1) is 10.2. The summed E-state index contributed by atoms with van der Waals surface area (Å²) >= 11 is 1.38. The molecule has 0 saturated carbocycles. The number of ether oxygens (including phenoxy) is 1. The monoisotopic (exact) mass is 304 g/mol. The van der Waals surface area contributed by atoms with Gasteiger partial charge < -0.3 is 15.4 Å². The highest BCUT2D eigenvalue weighted by molar-refractivity contribution is 7.12. The number of carbonyl (C=O) groups is 2. The molecule has 5 nitrogen and oxygen atoms in total. The number of benzene rings is 1. The molecule has 1 aromatic heterocycles. The van der Waals surface area contributed by atoms with Gasteiger partial charge in [0.25, 0.3) is 5.91 Å². The summed E-state index contributed by atoms with van der Waals surface area (Å²) in [6.07, 6.45) is 0. The molecule has 21 heavy (non-hydrogen) atoms. The standard InChI is InChI=1S/C15H16N2O3S/c1-2-20-10-14(18)16-11-5-3-6-12(9-11)17-15(19)13-7-4-8-21-13/h3-9H,2,10H2,1H3,(H,16,18)(H,17,19). The minimum Gasteiger partial charge on any atom is -0.372 e. The second-order valence-electron chi connectivity index (χ2n) is 4.20. The Morgan fingerprint density at radius 3 is 2.57 bits per heavy atom. The Kier molecular flexibility index (Phi) is 5.48. The van der Waals surface area contributed by atoms with E-state index >= 15 is 0 Å². The number of amides is 2. The van der Waals surface area contributed by atoms with Gasteiger partial charge in [-0.25, -0.2) is 0 Å². The van der Waals surface area contributed by atoms with Crippen LogP contribution in [0.3, 0.4) is 0 Å². The fourth-order valence-electron chi connectivity index (χ4n) is 1.67. The van der Waals surface area contributed by atoms with Gasteiger partial charge in [-0.15, -0.1) is 11.3 Å². The zero-order valence-electron chi connectivity index (χ0n) is 11.6. The van der Waals surface area contributed by atoms with Gasteiger partial charge in [0.2, 0.25) is 5.91 Å². The van der Waals surface area contributed by atoms with Crippen LogP contribution in [0.15, 0.2) is 41.8 Å². The highest BCUT2D eigenvalue weighted by Crippen LogP contribution is 2.17. The van der Waals surface area contributed by atoms with Crippen LogP contribution in [-0.2, 0) is 9.53 Å². The highest BCUT2D eigenvalue weighted by Gasteiger charge is 2.08. The molecule has 2 aromatic rings. The van der Waals surface area contributed by atoms with Crippen LogP contribution in [0.4, 0.5) is 11.4 Å². The first-order valence-corrected chi connectivity index (χ1v) is 7.39. The van der Waals surface area contributed by atoms with Crippen LogP contribution in [0, 0.1) is 0 Å². The Morgan fingerprint density at radius 2 is 1.90 bits per heavy atom. The normalized spacial score (nSPS) is 10.1. The lowest BCUT2D eigenvalue weighted by molar-refractivity contribution is -0.120. The van der Waals surface area contributed by atoms with Crippen molar-refractivity contribution in [3.05, 3.63) is 46.7 Å². The van der Waals surface area contributed by atoms with Crippen molar-refractivity contribution in [2.75, 3.05) is 23.8 Å². The Balaban J connectivity index is 1.97. The van der Waals surface area contributed by atoms with Crippen molar-refractivity contribution in [3.8, 4) is 0 Å². The highest BCUT2D eigenvalue weighted by atomic mass is 32.1. The summed E-state index contributed by atoms with van der Waals surface area (Å²) in [4.78, 5) is 24.2. The molecule has 0 fully saturated rings. The average Bonchev–Trinajstić information content (AvgIpc) is 3.00. The van der Waals surface area contributed by atoms with Crippen molar-refractivity contribution < 1.29 is 14.3 Å². The minimum absolute atomic E-state index is 0.0162. The summed E-state index contributed by atoms with van der Waals surface area (Å²) in [5, 5.41) is 7.35.